The number of aliphatic imine (C=N–C) groups is 2. The van der Waals surface area contributed by atoms with Crippen LogP contribution in [0.25, 0.3) is 5.57 Å². The molecule has 6 atom stereocenters. The highest BCUT2D eigenvalue weighted by Crippen LogP contribution is 2.48. The van der Waals surface area contributed by atoms with Crippen molar-refractivity contribution in [2.45, 2.75) is 44.2 Å². The van der Waals surface area contributed by atoms with Gasteiger partial charge in [0.15, 0.2) is 0 Å². The van der Waals surface area contributed by atoms with E-state index < -0.39 is 17.7 Å². The van der Waals surface area contributed by atoms with E-state index in [-0.39, 0.29) is 23.8 Å². The van der Waals surface area contributed by atoms with Gasteiger partial charge >= 0.3 is 0 Å². The lowest BCUT2D eigenvalue weighted by molar-refractivity contribution is -0.0433. The largest absolute Gasteiger partial charge is 0.390 e. The number of nitrogens with zero attached hydrogens (tertiary/aromatic N) is 3. The minimum Gasteiger partial charge on any atom is -0.390 e. The van der Waals surface area contributed by atoms with Gasteiger partial charge in [0.05, 0.1) is 17.6 Å². The van der Waals surface area contributed by atoms with E-state index >= 15 is 0 Å². The maximum atomic E-state index is 13.4. The first-order valence-corrected chi connectivity index (χ1v) is 10.9. The van der Waals surface area contributed by atoms with Gasteiger partial charge in [0, 0.05) is 11.9 Å². The van der Waals surface area contributed by atoms with Gasteiger partial charge in [-0.15, -0.1) is 0 Å². The van der Waals surface area contributed by atoms with Crippen LogP contribution in [-0.4, -0.2) is 51.2 Å². The van der Waals surface area contributed by atoms with Crippen molar-refractivity contribution >= 4 is 23.4 Å². The van der Waals surface area contributed by atoms with Gasteiger partial charge < -0.3 is 20.4 Å². The van der Waals surface area contributed by atoms with Crippen LogP contribution < -0.4 is 5.32 Å². The number of amidine groups is 1. The van der Waals surface area contributed by atoms with Crippen molar-refractivity contribution in [3.63, 3.8) is 0 Å². The number of rotatable bonds is 3. The van der Waals surface area contributed by atoms with Crippen LogP contribution in [0.4, 0.5) is 10.1 Å². The number of aliphatic hydroxyl groups is 2. The van der Waals surface area contributed by atoms with E-state index in [1.54, 1.807) is 12.1 Å². The second-order valence-corrected chi connectivity index (χ2v) is 9.13. The lowest BCUT2D eigenvalue weighted by Gasteiger charge is -2.43. The Balaban J connectivity index is 1.55. The molecule has 2 aromatic carbocycles. The summed E-state index contributed by atoms with van der Waals surface area (Å²) in [5, 5.41) is 24.8. The molecular weight excluding hydrogens is 407 g/mol. The van der Waals surface area contributed by atoms with Crippen LogP contribution in [0.3, 0.4) is 0 Å². The number of anilines is 1. The Labute approximate surface area is 186 Å². The van der Waals surface area contributed by atoms with Crippen molar-refractivity contribution in [2.24, 2.45) is 21.8 Å². The van der Waals surface area contributed by atoms with Crippen LogP contribution in [0.2, 0.25) is 0 Å². The van der Waals surface area contributed by atoms with Crippen LogP contribution in [0, 0.1) is 17.7 Å². The van der Waals surface area contributed by atoms with Crippen LogP contribution in [0.5, 0.6) is 0 Å². The molecular formula is C25H27FN4O2. The fraction of sp³-hybridized carbons (Fsp3) is 0.360. The fourth-order valence-electron chi connectivity index (χ4n) is 5.27. The van der Waals surface area contributed by atoms with Crippen LogP contribution >= 0.6 is 0 Å². The maximum Gasteiger partial charge on any atom is 0.137 e. The third-order valence-electron chi connectivity index (χ3n) is 7.00. The molecule has 0 amide bonds. The zero-order chi connectivity index (χ0) is 22.5. The summed E-state index contributed by atoms with van der Waals surface area (Å²) in [5.41, 5.74) is 2.14. The van der Waals surface area contributed by atoms with E-state index in [1.807, 2.05) is 44.2 Å². The minimum atomic E-state index is -0.896. The van der Waals surface area contributed by atoms with Crippen LogP contribution in [-0.2, 0) is 0 Å². The molecule has 166 valence electrons. The van der Waals surface area contributed by atoms with Crippen molar-refractivity contribution in [3.8, 4) is 0 Å². The second kappa shape index (κ2) is 7.83. The molecule has 2 heterocycles. The average molecular weight is 435 g/mol. The van der Waals surface area contributed by atoms with Gasteiger partial charge in [-0.05, 0) is 54.7 Å². The number of benzene rings is 2. The predicted octanol–water partition coefficient (Wildman–Crippen LogP) is 3.50. The number of fused-ring (bicyclic) bond motifs is 1. The van der Waals surface area contributed by atoms with Gasteiger partial charge in [-0.1, -0.05) is 37.3 Å². The van der Waals surface area contributed by atoms with E-state index in [9.17, 15) is 14.6 Å². The summed E-state index contributed by atoms with van der Waals surface area (Å²) in [5.74, 6) is 0.178. The van der Waals surface area contributed by atoms with E-state index in [4.69, 9.17) is 4.99 Å². The number of hydrogen-bond donors (Lipinski definition) is 3. The average Bonchev–Trinajstić information content (AvgIpc) is 3.29. The molecule has 5 unspecified atom stereocenters. The van der Waals surface area contributed by atoms with Gasteiger partial charge in [0.2, 0.25) is 0 Å². The molecule has 1 aliphatic carbocycles. The monoisotopic (exact) mass is 434 g/mol. The predicted molar refractivity (Wildman–Crippen MR) is 124 cm³/mol. The van der Waals surface area contributed by atoms with Gasteiger partial charge in [0.1, 0.15) is 30.3 Å². The molecule has 32 heavy (non-hydrogen) atoms. The lowest BCUT2D eigenvalue weighted by atomic mass is 9.90. The molecule has 6 nitrogen and oxygen atoms in total. The van der Waals surface area contributed by atoms with Gasteiger partial charge in [-0.2, -0.15) is 0 Å². The molecule has 7 heteroatoms. The van der Waals surface area contributed by atoms with E-state index in [0.29, 0.717) is 12.3 Å². The van der Waals surface area contributed by atoms with Crippen molar-refractivity contribution in [2.75, 3.05) is 5.32 Å². The Hall–Kier alpha value is -3.03. The fourth-order valence-corrected chi connectivity index (χ4v) is 5.27. The third-order valence-corrected chi connectivity index (χ3v) is 7.00. The van der Waals surface area contributed by atoms with E-state index in [1.165, 1.54) is 18.5 Å². The first-order valence-electron chi connectivity index (χ1n) is 10.9. The highest BCUT2D eigenvalue weighted by atomic mass is 19.1. The van der Waals surface area contributed by atoms with Gasteiger partial charge in [-0.3, -0.25) is 0 Å². The summed E-state index contributed by atoms with van der Waals surface area (Å²) < 4.78 is 13.4. The molecule has 2 aromatic rings. The quantitative estimate of drug-likeness (QED) is 0.691. The van der Waals surface area contributed by atoms with Crippen molar-refractivity contribution < 1.29 is 14.6 Å². The Morgan fingerprint density at radius 2 is 1.81 bits per heavy atom. The molecule has 0 spiro atoms. The normalized spacial score (nSPS) is 33.7. The molecule has 3 N–H and O–H groups in total. The summed E-state index contributed by atoms with van der Waals surface area (Å²) in [6.07, 6.45) is 2.24. The zero-order valence-corrected chi connectivity index (χ0v) is 18.1. The molecule has 0 radical (unpaired) electrons. The van der Waals surface area contributed by atoms with Crippen molar-refractivity contribution in [3.05, 3.63) is 72.2 Å². The molecule has 3 aliphatic rings. The Morgan fingerprint density at radius 1 is 1.09 bits per heavy atom. The number of nitrogens with one attached hydrogen (secondary N) is 1. The molecule has 1 fully saturated rings. The molecule has 0 aromatic heterocycles. The van der Waals surface area contributed by atoms with E-state index in [2.05, 4.69) is 21.4 Å². The second-order valence-electron chi connectivity index (χ2n) is 9.13. The molecule has 5 rings (SSSR count). The molecule has 2 aliphatic heterocycles. The van der Waals surface area contributed by atoms with E-state index in [0.717, 1.165) is 16.8 Å². The Kier molecular flexibility index (Phi) is 5.10. The lowest BCUT2D eigenvalue weighted by Crippen LogP contribution is -2.55. The topological polar surface area (TPSA) is 80.5 Å². The highest BCUT2D eigenvalue weighted by molar-refractivity contribution is 6.09. The first kappa shape index (κ1) is 20.8. The molecule has 0 saturated heterocycles. The summed E-state index contributed by atoms with van der Waals surface area (Å²) in [4.78, 5) is 11.3. The first-order chi connectivity index (χ1) is 15.4. The SMILES string of the molecule is CC1C[C@@](C)(N2C=C(c3ccccc3)C3C(Nc4ccc(F)cc4)=NC=NC32)C(O)C1O. The standard InChI is InChI=1S/C25H27FN4O2/c1-15-12-25(2,22(32)21(15)31)30-13-19(16-6-4-3-5-7-16)20-23(27-14-28-24(20)30)29-18-10-8-17(26)9-11-18/h3-11,13-15,20-22,24,31-32H,12H2,1-2H3,(H,27,28,29)/t15?,20?,21?,22?,24?,25-/m1/s1. The summed E-state index contributed by atoms with van der Waals surface area (Å²) in [6.45, 7) is 3.95. The third kappa shape index (κ3) is 3.32. The van der Waals surface area contributed by atoms with Crippen LogP contribution in [0.15, 0.2) is 70.8 Å². The smallest absolute Gasteiger partial charge is 0.137 e. The van der Waals surface area contributed by atoms with Crippen molar-refractivity contribution in [1.82, 2.24) is 4.90 Å². The van der Waals surface area contributed by atoms with Crippen LogP contribution in [0.1, 0.15) is 25.8 Å². The number of aliphatic hydroxyl groups excluding tert-OH is 2. The highest BCUT2D eigenvalue weighted by Gasteiger charge is 2.56. The molecule has 0 bridgehead atoms. The molecule has 1 saturated carbocycles. The summed E-state index contributed by atoms with van der Waals surface area (Å²) in [6, 6.07) is 16.2. The van der Waals surface area contributed by atoms with Gasteiger partial charge in [0.25, 0.3) is 0 Å². The maximum absolute atomic E-state index is 13.4. The Morgan fingerprint density at radius 3 is 2.47 bits per heavy atom. The zero-order valence-electron chi connectivity index (χ0n) is 18.1. The van der Waals surface area contributed by atoms with Gasteiger partial charge in [-0.25, -0.2) is 14.4 Å². The summed E-state index contributed by atoms with van der Waals surface area (Å²) >= 11 is 0. The Bertz CT molecular complexity index is 1080. The van der Waals surface area contributed by atoms with Crippen molar-refractivity contribution in [1.29, 1.82) is 0 Å². The minimum absolute atomic E-state index is 0.0272. The number of hydrogen-bond acceptors (Lipinski definition) is 6. The number of halogens is 1. The summed E-state index contributed by atoms with van der Waals surface area (Å²) in [7, 11) is 0.